The fourth-order valence-corrected chi connectivity index (χ4v) is 2.25. The van der Waals surface area contributed by atoms with E-state index in [1.807, 2.05) is 51.2 Å². The van der Waals surface area contributed by atoms with Crippen molar-refractivity contribution in [2.75, 3.05) is 0 Å². The number of aryl methyl sites for hydroxylation is 2. The first-order chi connectivity index (χ1) is 9.56. The molecule has 0 spiro atoms. The highest BCUT2D eigenvalue weighted by atomic mass is 16.1. The second-order valence-electron chi connectivity index (χ2n) is 4.96. The highest BCUT2D eigenvalue weighted by Gasteiger charge is 2.15. The minimum Gasteiger partial charge on any atom is -0.288 e. The Bertz CT molecular complexity index is 818. The summed E-state index contributed by atoms with van der Waals surface area (Å²) in [6.45, 7) is 3.85. The second-order valence-corrected chi connectivity index (χ2v) is 4.96. The summed E-state index contributed by atoms with van der Waals surface area (Å²) in [5, 5.41) is 5.10. The smallest absolute Gasteiger partial charge is 0.196 e. The molecule has 2 heterocycles. The zero-order valence-electron chi connectivity index (χ0n) is 11.7. The molecule has 100 valence electrons. The van der Waals surface area contributed by atoms with Gasteiger partial charge >= 0.3 is 0 Å². The van der Waals surface area contributed by atoms with Gasteiger partial charge in [-0.2, -0.15) is 5.10 Å². The molecule has 3 rings (SSSR count). The van der Waals surface area contributed by atoms with Gasteiger partial charge in [0.2, 0.25) is 0 Å². The Morgan fingerprint density at radius 1 is 1.15 bits per heavy atom. The number of fused-ring (bicyclic) bond motifs is 1. The van der Waals surface area contributed by atoms with E-state index in [2.05, 4.69) is 10.1 Å². The Morgan fingerprint density at radius 2 is 1.95 bits per heavy atom. The van der Waals surface area contributed by atoms with E-state index in [1.54, 1.807) is 10.9 Å². The van der Waals surface area contributed by atoms with E-state index in [0.717, 1.165) is 22.3 Å². The molecule has 0 aliphatic heterocycles. The van der Waals surface area contributed by atoms with Gasteiger partial charge in [0, 0.05) is 29.4 Å². The van der Waals surface area contributed by atoms with Crippen molar-refractivity contribution in [3.05, 3.63) is 59.0 Å². The van der Waals surface area contributed by atoms with E-state index in [9.17, 15) is 4.79 Å². The minimum absolute atomic E-state index is 0.00178. The predicted octanol–water partition coefficient (Wildman–Crippen LogP) is 2.82. The third-order valence-electron chi connectivity index (χ3n) is 3.57. The average molecular weight is 265 g/mol. The maximum absolute atomic E-state index is 12.5. The molecule has 0 fully saturated rings. The summed E-state index contributed by atoms with van der Waals surface area (Å²) in [5.41, 5.74) is 4.06. The molecule has 0 saturated heterocycles. The van der Waals surface area contributed by atoms with Crippen LogP contribution in [0.2, 0.25) is 0 Å². The number of aromatic nitrogens is 3. The highest BCUT2D eigenvalue weighted by molar-refractivity contribution is 6.11. The van der Waals surface area contributed by atoms with Crippen LogP contribution in [0.3, 0.4) is 0 Å². The molecular formula is C16H15N3O. The van der Waals surface area contributed by atoms with Crippen LogP contribution in [0.15, 0.2) is 36.5 Å². The lowest BCUT2D eigenvalue weighted by Crippen LogP contribution is -2.03. The van der Waals surface area contributed by atoms with Gasteiger partial charge in [0.1, 0.15) is 0 Å². The first kappa shape index (κ1) is 12.5. The topological polar surface area (TPSA) is 47.8 Å². The number of nitrogens with zero attached hydrogens (tertiary/aromatic N) is 3. The molecule has 3 aromatic rings. The molecule has 0 N–H and O–H groups in total. The van der Waals surface area contributed by atoms with E-state index < -0.39 is 0 Å². The normalized spacial score (nSPS) is 10.9. The van der Waals surface area contributed by atoms with Crippen LogP contribution in [-0.2, 0) is 7.05 Å². The average Bonchev–Trinajstić information content (AvgIpc) is 2.77. The summed E-state index contributed by atoms with van der Waals surface area (Å²) in [4.78, 5) is 17.0. The highest BCUT2D eigenvalue weighted by Crippen LogP contribution is 2.18. The minimum atomic E-state index is -0.00178. The summed E-state index contributed by atoms with van der Waals surface area (Å²) < 4.78 is 1.71. The summed E-state index contributed by atoms with van der Waals surface area (Å²) in [6, 6.07) is 9.54. The van der Waals surface area contributed by atoms with Crippen LogP contribution in [0.1, 0.15) is 27.3 Å². The molecule has 4 heteroatoms. The molecule has 0 aliphatic rings. The van der Waals surface area contributed by atoms with Crippen molar-refractivity contribution >= 4 is 16.7 Å². The van der Waals surface area contributed by atoms with Gasteiger partial charge in [-0.1, -0.05) is 6.07 Å². The maximum Gasteiger partial charge on any atom is 0.196 e. The number of benzene rings is 1. The van der Waals surface area contributed by atoms with E-state index >= 15 is 0 Å². The third kappa shape index (κ3) is 1.99. The number of carbonyl (C=O) groups is 1. The molecule has 0 radical (unpaired) electrons. The lowest BCUT2D eigenvalue weighted by atomic mass is 10.0. The van der Waals surface area contributed by atoms with Gasteiger partial charge in [-0.15, -0.1) is 0 Å². The van der Waals surface area contributed by atoms with Gasteiger partial charge < -0.3 is 0 Å². The predicted molar refractivity (Wildman–Crippen MR) is 77.9 cm³/mol. The van der Waals surface area contributed by atoms with Gasteiger partial charge in [-0.25, -0.2) is 0 Å². The van der Waals surface area contributed by atoms with Gasteiger partial charge in [-0.3, -0.25) is 14.5 Å². The van der Waals surface area contributed by atoms with Crippen molar-refractivity contribution in [1.82, 2.24) is 14.8 Å². The number of hydrogen-bond acceptors (Lipinski definition) is 3. The van der Waals surface area contributed by atoms with Crippen molar-refractivity contribution in [1.29, 1.82) is 0 Å². The first-order valence-electron chi connectivity index (χ1n) is 6.47. The SMILES string of the molecule is Cc1ccc2cc(C(=O)c3cnn(C)c3C)ccc2n1. The Morgan fingerprint density at radius 3 is 2.65 bits per heavy atom. The molecule has 1 aromatic carbocycles. The van der Waals surface area contributed by atoms with E-state index in [-0.39, 0.29) is 5.78 Å². The van der Waals surface area contributed by atoms with E-state index in [4.69, 9.17) is 0 Å². The summed E-state index contributed by atoms with van der Waals surface area (Å²) in [7, 11) is 1.83. The van der Waals surface area contributed by atoms with Crippen molar-refractivity contribution in [2.24, 2.45) is 7.05 Å². The van der Waals surface area contributed by atoms with Crippen LogP contribution >= 0.6 is 0 Å². The van der Waals surface area contributed by atoms with Gasteiger partial charge in [0.15, 0.2) is 5.78 Å². The van der Waals surface area contributed by atoms with Gasteiger partial charge in [0.05, 0.1) is 17.3 Å². The zero-order valence-corrected chi connectivity index (χ0v) is 11.7. The number of carbonyl (C=O) groups excluding carboxylic acids is 1. The maximum atomic E-state index is 12.5. The van der Waals surface area contributed by atoms with Crippen LogP contribution in [0, 0.1) is 13.8 Å². The summed E-state index contributed by atoms with van der Waals surface area (Å²) >= 11 is 0. The molecule has 0 atom stereocenters. The molecule has 20 heavy (non-hydrogen) atoms. The van der Waals surface area contributed by atoms with Crippen LogP contribution in [0.25, 0.3) is 10.9 Å². The van der Waals surface area contributed by atoms with Crippen molar-refractivity contribution in [2.45, 2.75) is 13.8 Å². The number of pyridine rings is 1. The Labute approximate surface area is 117 Å². The van der Waals surface area contributed by atoms with Gasteiger partial charge in [0.25, 0.3) is 0 Å². The Balaban J connectivity index is 2.08. The lowest BCUT2D eigenvalue weighted by molar-refractivity contribution is 0.103. The molecule has 0 aliphatic carbocycles. The number of ketones is 1. The number of hydrogen-bond donors (Lipinski definition) is 0. The third-order valence-corrected chi connectivity index (χ3v) is 3.57. The van der Waals surface area contributed by atoms with E-state index in [1.165, 1.54) is 0 Å². The molecule has 0 saturated carbocycles. The molecule has 0 amide bonds. The van der Waals surface area contributed by atoms with Crippen molar-refractivity contribution in [3.8, 4) is 0 Å². The van der Waals surface area contributed by atoms with Crippen molar-refractivity contribution < 1.29 is 4.79 Å². The summed E-state index contributed by atoms with van der Waals surface area (Å²) in [6.07, 6.45) is 1.62. The second kappa shape index (κ2) is 4.56. The summed E-state index contributed by atoms with van der Waals surface area (Å²) in [5.74, 6) is -0.00178. The van der Waals surface area contributed by atoms with Crippen LogP contribution in [0.5, 0.6) is 0 Å². The van der Waals surface area contributed by atoms with Crippen molar-refractivity contribution in [3.63, 3.8) is 0 Å². The fourth-order valence-electron chi connectivity index (χ4n) is 2.25. The molecule has 4 nitrogen and oxygen atoms in total. The fraction of sp³-hybridized carbons (Fsp3) is 0.188. The molecule has 2 aromatic heterocycles. The molecule has 0 bridgehead atoms. The van der Waals surface area contributed by atoms with Crippen LogP contribution < -0.4 is 0 Å². The molecule has 0 unspecified atom stereocenters. The van der Waals surface area contributed by atoms with Gasteiger partial charge in [-0.05, 0) is 38.1 Å². The molecular weight excluding hydrogens is 250 g/mol. The van der Waals surface area contributed by atoms with E-state index in [0.29, 0.717) is 11.1 Å². The largest absolute Gasteiger partial charge is 0.288 e. The standard InChI is InChI=1S/C16H15N3O/c1-10-4-5-12-8-13(6-7-15(12)18-10)16(20)14-9-17-19(3)11(14)2/h4-9H,1-3H3. The first-order valence-corrected chi connectivity index (χ1v) is 6.47. The van der Waals surface area contributed by atoms with Crippen LogP contribution in [0.4, 0.5) is 0 Å². The monoisotopic (exact) mass is 265 g/mol. The number of rotatable bonds is 2. The Hall–Kier alpha value is -2.49. The quantitative estimate of drug-likeness (QED) is 0.669. The van der Waals surface area contributed by atoms with Crippen LogP contribution in [-0.4, -0.2) is 20.5 Å². The zero-order chi connectivity index (χ0) is 14.3. The lowest BCUT2D eigenvalue weighted by Gasteiger charge is -2.03. The Kier molecular flexibility index (Phi) is 2.86.